The van der Waals surface area contributed by atoms with Crippen LogP contribution in [0.2, 0.25) is 0 Å². The van der Waals surface area contributed by atoms with Gasteiger partial charge in [0.2, 0.25) is 0 Å². The molecule has 4 nitrogen and oxygen atoms in total. The smallest absolute Gasteiger partial charge is 0.334 e. The van der Waals surface area contributed by atoms with E-state index in [4.69, 9.17) is 9.47 Å². The van der Waals surface area contributed by atoms with Crippen LogP contribution in [0.15, 0.2) is 22.8 Å². The van der Waals surface area contributed by atoms with Gasteiger partial charge in [0.15, 0.2) is 11.4 Å². The van der Waals surface area contributed by atoms with Gasteiger partial charge in [0, 0.05) is 18.6 Å². The van der Waals surface area contributed by atoms with Gasteiger partial charge in [0.25, 0.3) is 0 Å². The van der Waals surface area contributed by atoms with E-state index in [-0.39, 0.29) is 17.3 Å². The Morgan fingerprint density at radius 3 is 2.54 bits per heavy atom. The van der Waals surface area contributed by atoms with Crippen molar-refractivity contribution >= 4 is 11.8 Å². The van der Waals surface area contributed by atoms with Crippen molar-refractivity contribution in [2.24, 2.45) is 11.3 Å². The summed E-state index contributed by atoms with van der Waals surface area (Å²) in [6.07, 6.45) is 4.38. The lowest BCUT2D eigenvalue weighted by atomic mass is 9.78. The second-order valence-corrected chi connectivity index (χ2v) is 8.49. The minimum atomic E-state index is -1.05. The number of hydrogen-bond acceptors (Lipinski definition) is 4. The molecule has 0 spiro atoms. The maximum Gasteiger partial charge on any atom is 0.334 e. The fourth-order valence-electron chi connectivity index (χ4n) is 4.44. The molecule has 2 aliphatic carbocycles. The van der Waals surface area contributed by atoms with E-state index in [0.29, 0.717) is 30.9 Å². The maximum atomic E-state index is 13.1. The summed E-state index contributed by atoms with van der Waals surface area (Å²) >= 11 is 0. The molecule has 4 heteroatoms. The fraction of sp³-hybridized carbons (Fsp3) is 0.727. The number of carbonyl (C=O) groups is 2. The highest BCUT2D eigenvalue weighted by molar-refractivity contribution is 5.94. The van der Waals surface area contributed by atoms with Gasteiger partial charge < -0.3 is 9.47 Å². The van der Waals surface area contributed by atoms with Crippen molar-refractivity contribution in [1.29, 1.82) is 0 Å². The topological polar surface area (TPSA) is 52.6 Å². The summed E-state index contributed by atoms with van der Waals surface area (Å²) in [6.45, 7) is 14.5. The van der Waals surface area contributed by atoms with Crippen molar-refractivity contribution in [3.05, 3.63) is 22.8 Å². The zero-order valence-electron chi connectivity index (χ0n) is 17.4. The molecule has 146 valence electrons. The first kappa shape index (κ1) is 20.9. The van der Waals surface area contributed by atoms with Crippen LogP contribution in [0.4, 0.5) is 0 Å². The number of ketones is 1. The molecule has 2 aliphatic rings. The molecule has 0 aromatic rings. The molecule has 0 heterocycles. The number of ether oxygens (including phenoxy) is 2. The number of fused-ring (bicyclic) bond motifs is 1. The summed E-state index contributed by atoms with van der Waals surface area (Å²) < 4.78 is 11.7. The summed E-state index contributed by atoms with van der Waals surface area (Å²) in [5, 5.41) is 0. The lowest BCUT2D eigenvalue weighted by Crippen LogP contribution is -2.41. The third-order valence-corrected chi connectivity index (χ3v) is 6.12. The molecular weight excluding hydrogens is 328 g/mol. The zero-order valence-corrected chi connectivity index (χ0v) is 17.4. The van der Waals surface area contributed by atoms with Gasteiger partial charge in [-0.05, 0) is 63.9 Å². The molecule has 3 atom stereocenters. The van der Waals surface area contributed by atoms with Crippen molar-refractivity contribution in [2.75, 3.05) is 6.61 Å². The zero-order chi connectivity index (χ0) is 19.7. The van der Waals surface area contributed by atoms with Crippen molar-refractivity contribution in [1.82, 2.24) is 0 Å². The van der Waals surface area contributed by atoms with Crippen LogP contribution in [0.3, 0.4) is 0 Å². The Kier molecular flexibility index (Phi) is 6.17. The Labute approximate surface area is 158 Å². The predicted octanol–water partition coefficient (Wildman–Crippen LogP) is 4.78. The number of Topliss-reactive ketones (excluding diaryl/α,β-unsaturated/α-hetero) is 1. The monoisotopic (exact) mass is 362 g/mol. The molecule has 0 N–H and O–H groups in total. The summed E-state index contributed by atoms with van der Waals surface area (Å²) in [5.74, 6) is 0.00831. The fourth-order valence-corrected chi connectivity index (χ4v) is 4.44. The molecule has 0 aromatic carbocycles. The van der Waals surface area contributed by atoms with Crippen LogP contribution in [0.5, 0.6) is 0 Å². The lowest BCUT2D eigenvalue weighted by molar-refractivity contribution is -0.163. The first-order chi connectivity index (χ1) is 12.1. The number of hydrogen-bond donors (Lipinski definition) is 0. The van der Waals surface area contributed by atoms with Crippen LogP contribution in [-0.2, 0) is 19.1 Å². The van der Waals surface area contributed by atoms with Crippen LogP contribution < -0.4 is 0 Å². The van der Waals surface area contributed by atoms with Crippen molar-refractivity contribution in [3.8, 4) is 0 Å². The van der Waals surface area contributed by atoms with E-state index in [0.717, 1.165) is 12.8 Å². The van der Waals surface area contributed by atoms with Gasteiger partial charge in [-0.1, -0.05) is 32.4 Å². The Morgan fingerprint density at radius 1 is 1.35 bits per heavy atom. The number of allylic oxidation sites excluding steroid dienone is 2. The summed E-state index contributed by atoms with van der Waals surface area (Å²) in [7, 11) is 0. The number of esters is 1. The van der Waals surface area contributed by atoms with Crippen LogP contribution in [0.1, 0.15) is 74.1 Å². The molecule has 26 heavy (non-hydrogen) atoms. The van der Waals surface area contributed by atoms with Crippen LogP contribution in [0, 0.1) is 11.3 Å². The van der Waals surface area contributed by atoms with Crippen molar-refractivity contribution < 1.29 is 19.1 Å². The van der Waals surface area contributed by atoms with E-state index in [9.17, 15) is 9.59 Å². The molecule has 0 aromatic heterocycles. The summed E-state index contributed by atoms with van der Waals surface area (Å²) in [6, 6.07) is 0. The Balaban J connectivity index is 2.36. The van der Waals surface area contributed by atoms with Crippen molar-refractivity contribution in [3.63, 3.8) is 0 Å². The lowest BCUT2D eigenvalue weighted by Gasteiger charge is -2.29. The molecule has 0 radical (unpaired) electrons. The highest BCUT2D eigenvalue weighted by Gasteiger charge is 2.51. The molecule has 0 amide bonds. The number of carbonyl (C=O) groups excluding carboxylic acids is 2. The molecule has 1 fully saturated rings. The quantitative estimate of drug-likeness (QED) is 0.401. The first-order valence-corrected chi connectivity index (χ1v) is 9.82. The van der Waals surface area contributed by atoms with Gasteiger partial charge in [-0.2, -0.15) is 0 Å². The van der Waals surface area contributed by atoms with E-state index >= 15 is 0 Å². The Morgan fingerprint density at radius 2 is 2.00 bits per heavy atom. The highest BCUT2D eigenvalue weighted by atomic mass is 16.6. The minimum absolute atomic E-state index is 0.0208. The largest absolute Gasteiger partial charge is 0.448 e. The van der Waals surface area contributed by atoms with Crippen LogP contribution in [0.25, 0.3) is 0 Å². The third-order valence-electron chi connectivity index (χ3n) is 6.12. The summed E-state index contributed by atoms with van der Waals surface area (Å²) in [5.41, 5.74) is 1.98. The molecule has 0 aliphatic heterocycles. The van der Waals surface area contributed by atoms with Crippen LogP contribution in [-0.4, -0.2) is 30.1 Å². The number of rotatable bonds is 5. The SMILES string of the molecule is CC=C(C)C(=O)OC1(C)CCC2=C(C(C)C)C(OCC)CC2(C)CC1=O. The molecule has 0 saturated heterocycles. The van der Waals surface area contributed by atoms with Gasteiger partial charge in [0.1, 0.15) is 0 Å². The standard InChI is InChI=1S/C22H34O4/c1-8-15(5)20(24)26-22(7)11-10-16-19(14(3)4)17(25-9-2)12-21(16,6)13-18(22)23/h8,14,17H,9-13H2,1-7H3. The average Bonchev–Trinajstić information content (AvgIpc) is 2.79. The second-order valence-electron chi connectivity index (χ2n) is 8.49. The maximum absolute atomic E-state index is 13.1. The molecule has 0 bridgehead atoms. The van der Waals surface area contributed by atoms with E-state index in [1.165, 1.54) is 11.1 Å². The molecular formula is C22H34O4. The summed E-state index contributed by atoms with van der Waals surface area (Å²) in [4.78, 5) is 25.4. The molecule has 2 rings (SSSR count). The van der Waals surface area contributed by atoms with E-state index in [1.54, 1.807) is 26.8 Å². The molecule has 3 unspecified atom stereocenters. The van der Waals surface area contributed by atoms with Gasteiger partial charge in [0.05, 0.1) is 6.10 Å². The minimum Gasteiger partial charge on any atom is -0.448 e. The van der Waals surface area contributed by atoms with Gasteiger partial charge in [-0.25, -0.2) is 4.79 Å². The van der Waals surface area contributed by atoms with E-state index in [1.807, 2.05) is 6.92 Å². The molecule has 1 saturated carbocycles. The normalized spacial score (nSPS) is 32.7. The average molecular weight is 363 g/mol. The Hall–Kier alpha value is -1.42. The van der Waals surface area contributed by atoms with Gasteiger partial charge in [-0.3, -0.25) is 4.79 Å². The van der Waals surface area contributed by atoms with Crippen LogP contribution >= 0.6 is 0 Å². The van der Waals surface area contributed by atoms with Gasteiger partial charge in [-0.15, -0.1) is 0 Å². The van der Waals surface area contributed by atoms with E-state index < -0.39 is 11.6 Å². The van der Waals surface area contributed by atoms with E-state index in [2.05, 4.69) is 20.8 Å². The van der Waals surface area contributed by atoms with Gasteiger partial charge >= 0.3 is 5.97 Å². The Bertz CT molecular complexity index is 643. The highest BCUT2D eigenvalue weighted by Crippen LogP contribution is 2.53. The third kappa shape index (κ3) is 3.80. The predicted molar refractivity (Wildman–Crippen MR) is 103 cm³/mol. The van der Waals surface area contributed by atoms with Crippen molar-refractivity contribution in [2.45, 2.75) is 85.9 Å². The second kappa shape index (κ2) is 7.67. The first-order valence-electron chi connectivity index (χ1n) is 9.82.